The Morgan fingerprint density at radius 2 is 1.77 bits per heavy atom. The van der Waals surface area contributed by atoms with E-state index >= 15 is 0 Å². The van der Waals surface area contributed by atoms with Crippen molar-refractivity contribution in [3.05, 3.63) is 46.0 Å². The zero-order valence-corrected chi connectivity index (χ0v) is 18.8. The van der Waals surface area contributed by atoms with Crippen LogP contribution in [-0.2, 0) is 14.4 Å². The second kappa shape index (κ2) is 11.1. The predicted molar refractivity (Wildman–Crippen MR) is 122 cm³/mol. The van der Waals surface area contributed by atoms with Crippen LogP contribution in [0.3, 0.4) is 0 Å². The smallest absolute Gasteiger partial charge is 0.329 e. The number of ether oxygens (including phenoxy) is 2. The standard InChI is InChI=1S/C20H21IN4O5/c1-12(9-18(26)22-14-6-4-5-13(21)10-14)24-25-20(28)19(27)23-16-11-15(29-2)7-8-17(16)30-3/h4-8,10-11H,9H2,1-3H3,(H,22,26)(H,23,27)(H,25,28)/b24-12+. The van der Waals surface area contributed by atoms with Crippen molar-refractivity contribution < 1.29 is 23.9 Å². The molecule has 30 heavy (non-hydrogen) atoms. The van der Waals surface area contributed by atoms with E-state index in [2.05, 4.69) is 43.8 Å². The number of hydrazone groups is 1. The van der Waals surface area contributed by atoms with E-state index in [1.165, 1.54) is 20.3 Å². The molecule has 0 aliphatic carbocycles. The lowest BCUT2D eigenvalue weighted by atomic mass is 10.2. The first-order valence-electron chi connectivity index (χ1n) is 8.74. The lowest BCUT2D eigenvalue weighted by molar-refractivity contribution is -0.136. The van der Waals surface area contributed by atoms with Crippen molar-refractivity contribution >= 4 is 57.4 Å². The van der Waals surface area contributed by atoms with Crippen LogP contribution in [0.25, 0.3) is 0 Å². The molecular weight excluding hydrogens is 503 g/mol. The van der Waals surface area contributed by atoms with Crippen LogP contribution < -0.4 is 25.5 Å². The monoisotopic (exact) mass is 524 g/mol. The Hall–Kier alpha value is -3.15. The maximum atomic E-state index is 12.1. The number of benzene rings is 2. The van der Waals surface area contributed by atoms with E-state index in [0.29, 0.717) is 22.9 Å². The first kappa shape index (κ1) is 23.1. The molecule has 2 rings (SSSR count). The van der Waals surface area contributed by atoms with Crippen molar-refractivity contribution in [1.82, 2.24) is 5.43 Å². The topological polar surface area (TPSA) is 118 Å². The maximum absolute atomic E-state index is 12.1. The molecule has 9 nitrogen and oxygen atoms in total. The van der Waals surface area contributed by atoms with Crippen LogP contribution in [0, 0.1) is 3.57 Å². The van der Waals surface area contributed by atoms with Crippen molar-refractivity contribution in [3.8, 4) is 11.5 Å². The van der Waals surface area contributed by atoms with Crippen LogP contribution in [0.4, 0.5) is 11.4 Å². The second-order valence-corrected chi connectivity index (χ2v) is 7.29. The summed E-state index contributed by atoms with van der Waals surface area (Å²) in [5.74, 6) is -1.37. The van der Waals surface area contributed by atoms with Gasteiger partial charge in [-0.25, -0.2) is 5.43 Å². The summed E-state index contributed by atoms with van der Waals surface area (Å²) in [5, 5.41) is 8.97. The Balaban J connectivity index is 1.91. The van der Waals surface area contributed by atoms with Crippen LogP contribution in [0.2, 0.25) is 0 Å². The summed E-state index contributed by atoms with van der Waals surface area (Å²) >= 11 is 2.15. The first-order valence-corrected chi connectivity index (χ1v) is 9.82. The molecule has 0 saturated heterocycles. The number of hydrogen-bond donors (Lipinski definition) is 3. The largest absolute Gasteiger partial charge is 0.497 e. The molecule has 0 atom stereocenters. The van der Waals surface area contributed by atoms with Gasteiger partial charge in [-0.05, 0) is 59.8 Å². The Labute approximate surface area is 187 Å². The molecule has 0 aromatic heterocycles. The first-order chi connectivity index (χ1) is 14.3. The van der Waals surface area contributed by atoms with Crippen LogP contribution in [0.15, 0.2) is 47.6 Å². The summed E-state index contributed by atoms with van der Waals surface area (Å²) in [4.78, 5) is 36.2. The highest BCUT2D eigenvalue weighted by molar-refractivity contribution is 14.1. The molecule has 2 aromatic carbocycles. The van der Waals surface area contributed by atoms with Crippen molar-refractivity contribution in [2.45, 2.75) is 13.3 Å². The van der Waals surface area contributed by atoms with Gasteiger partial charge >= 0.3 is 11.8 Å². The van der Waals surface area contributed by atoms with Crippen molar-refractivity contribution in [3.63, 3.8) is 0 Å². The molecule has 0 heterocycles. The fourth-order valence-corrected chi connectivity index (χ4v) is 2.87. The summed E-state index contributed by atoms with van der Waals surface area (Å²) < 4.78 is 11.2. The van der Waals surface area contributed by atoms with Crippen LogP contribution >= 0.6 is 22.6 Å². The van der Waals surface area contributed by atoms with E-state index in [1.54, 1.807) is 25.1 Å². The van der Waals surface area contributed by atoms with E-state index in [0.717, 1.165) is 3.57 Å². The average molecular weight is 524 g/mol. The zero-order valence-electron chi connectivity index (χ0n) is 16.6. The number of anilines is 2. The lowest BCUT2D eigenvalue weighted by Gasteiger charge is -2.11. The Morgan fingerprint density at radius 1 is 1.00 bits per heavy atom. The SMILES string of the molecule is COc1ccc(OC)c(NC(=O)C(=O)N/N=C(\C)CC(=O)Nc2cccc(I)c2)c1. The van der Waals surface area contributed by atoms with Crippen molar-refractivity contribution in [1.29, 1.82) is 0 Å². The summed E-state index contributed by atoms with van der Waals surface area (Å²) in [5.41, 5.74) is 3.40. The Kier molecular flexibility index (Phi) is 8.59. The Morgan fingerprint density at radius 3 is 2.43 bits per heavy atom. The number of carbonyl (C=O) groups is 3. The molecule has 0 radical (unpaired) electrons. The van der Waals surface area contributed by atoms with Gasteiger partial charge in [0.2, 0.25) is 5.91 Å². The van der Waals surface area contributed by atoms with Gasteiger partial charge in [0.25, 0.3) is 0 Å². The van der Waals surface area contributed by atoms with E-state index < -0.39 is 11.8 Å². The van der Waals surface area contributed by atoms with Gasteiger partial charge in [-0.2, -0.15) is 5.10 Å². The molecule has 3 N–H and O–H groups in total. The molecule has 0 unspecified atom stereocenters. The van der Waals surface area contributed by atoms with Crippen LogP contribution in [0.5, 0.6) is 11.5 Å². The van der Waals surface area contributed by atoms with Gasteiger partial charge in [0.15, 0.2) is 0 Å². The molecule has 0 bridgehead atoms. The number of halogens is 1. The third kappa shape index (κ3) is 7.03. The number of methoxy groups -OCH3 is 2. The van der Waals surface area contributed by atoms with Gasteiger partial charge in [0.05, 0.1) is 26.3 Å². The van der Waals surface area contributed by atoms with Crippen LogP contribution in [-0.4, -0.2) is 37.7 Å². The third-order valence-corrected chi connectivity index (χ3v) is 4.41. The molecule has 0 fully saturated rings. The molecule has 0 spiro atoms. The zero-order chi connectivity index (χ0) is 22.1. The van der Waals surface area contributed by atoms with Gasteiger partial charge in [-0.3, -0.25) is 14.4 Å². The highest BCUT2D eigenvalue weighted by atomic mass is 127. The molecular formula is C20H21IN4O5. The average Bonchev–Trinajstić information content (AvgIpc) is 2.71. The highest BCUT2D eigenvalue weighted by Gasteiger charge is 2.16. The van der Waals surface area contributed by atoms with E-state index in [4.69, 9.17) is 9.47 Å². The van der Waals surface area contributed by atoms with E-state index in [-0.39, 0.29) is 18.0 Å². The van der Waals surface area contributed by atoms with Gasteiger partial charge < -0.3 is 20.1 Å². The maximum Gasteiger partial charge on any atom is 0.329 e. The highest BCUT2D eigenvalue weighted by Crippen LogP contribution is 2.28. The van der Waals surface area contributed by atoms with Gasteiger partial charge in [-0.15, -0.1) is 0 Å². The van der Waals surface area contributed by atoms with E-state index in [1.807, 2.05) is 18.2 Å². The fraction of sp³-hybridized carbons (Fsp3) is 0.200. The number of rotatable bonds is 7. The summed E-state index contributed by atoms with van der Waals surface area (Å²) in [7, 11) is 2.92. The minimum Gasteiger partial charge on any atom is -0.497 e. The van der Waals surface area contributed by atoms with Crippen molar-refractivity contribution in [2.24, 2.45) is 5.10 Å². The molecule has 0 aliphatic heterocycles. The van der Waals surface area contributed by atoms with E-state index in [9.17, 15) is 14.4 Å². The second-order valence-electron chi connectivity index (χ2n) is 6.04. The third-order valence-electron chi connectivity index (χ3n) is 3.73. The van der Waals surface area contributed by atoms with Crippen LogP contribution in [0.1, 0.15) is 13.3 Å². The molecule has 158 valence electrons. The number of hydrogen-bond acceptors (Lipinski definition) is 6. The molecule has 10 heteroatoms. The minimum absolute atomic E-state index is 0.0446. The molecule has 0 aliphatic rings. The van der Waals surface area contributed by atoms with Gasteiger partial charge in [0, 0.05) is 21.0 Å². The number of nitrogens with zero attached hydrogens (tertiary/aromatic N) is 1. The number of carbonyl (C=O) groups excluding carboxylic acids is 3. The Bertz CT molecular complexity index is 977. The van der Waals surface area contributed by atoms with Gasteiger partial charge in [-0.1, -0.05) is 6.07 Å². The lowest BCUT2D eigenvalue weighted by Crippen LogP contribution is -2.33. The molecule has 0 saturated carbocycles. The fourth-order valence-electron chi connectivity index (χ4n) is 2.33. The normalized spacial score (nSPS) is 10.7. The molecule has 3 amide bonds. The predicted octanol–water partition coefficient (Wildman–Crippen LogP) is 2.77. The number of nitrogens with one attached hydrogen (secondary N) is 3. The minimum atomic E-state index is -0.989. The summed E-state index contributed by atoms with van der Waals surface area (Å²) in [6, 6.07) is 12.1. The quantitative estimate of drug-likeness (QED) is 0.223. The van der Waals surface area contributed by atoms with Crippen molar-refractivity contribution in [2.75, 3.05) is 24.9 Å². The summed E-state index contributed by atoms with van der Waals surface area (Å²) in [6.45, 7) is 1.57. The molecule has 2 aromatic rings. The van der Waals surface area contributed by atoms with Gasteiger partial charge in [0.1, 0.15) is 11.5 Å². The number of amides is 3. The summed E-state index contributed by atoms with van der Waals surface area (Å²) in [6.07, 6.45) is -0.0446.